The summed E-state index contributed by atoms with van der Waals surface area (Å²) in [7, 11) is 2.26. The SMILES string of the molecule is CN1CCCC1CCN(c1ccccc1)c1ccccc1. The topological polar surface area (TPSA) is 6.48 Å². The van der Waals surface area contributed by atoms with Crippen LogP contribution in [-0.4, -0.2) is 31.1 Å². The molecule has 3 rings (SSSR count). The van der Waals surface area contributed by atoms with Crippen LogP contribution in [0.1, 0.15) is 19.3 Å². The fourth-order valence-electron chi connectivity index (χ4n) is 3.25. The molecule has 1 unspecified atom stereocenters. The Morgan fingerprint density at radius 3 is 2.00 bits per heavy atom. The van der Waals surface area contributed by atoms with Crippen molar-refractivity contribution < 1.29 is 0 Å². The van der Waals surface area contributed by atoms with Gasteiger partial charge in [-0.05, 0) is 57.1 Å². The average Bonchev–Trinajstić information content (AvgIpc) is 2.95. The van der Waals surface area contributed by atoms with Crippen molar-refractivity contribution in [1.82, 2.24) is 4.90 Å². The molecule has 1 fully saturated rings. The molecule has 0 aliphatic carbocycles. The number of likely N-dealkylation sites (tertiary alicyclic amines) is 1. The maximum absolute atomic E-state index is 2.51. The van der Waals surface area contributed by atoms with Crippen LogP contribution in [0.2, 0.25) is 0 Å². The Morgan fingerprint density at radius 1 is 0.952 bits per heavy atom. The maximum atomic E-state index is 2.51. The number of rotatable bonds is 5. The molecule has 1 heterocycles. The van der Waals surface area contributed by atoms with Crippen molar-refractivity contribution in [3.8, 4) is 0 Å². The number of benzene rings is 2. The minimum atomic E-state index is 0.736. The molecule has 0 spiro atoms. The van der Waals surface area contributed by atoms with Crippen molar-refractivity contribution in [3.63, 3.8) is 0 Å². The third-order valence-electron chi connectivity index (χ3n) is 4.49. The second-order valence-electron chi connectivity index (χ2n) is 5.89. The summed E-state index contributed by atoms with van der Waals surface area (Å²) in [6.45, 7) is 2.32. The van der Waals surface area contributed by atoms with Crippen molar-refractivity contribution in [2.75, 3.05) is 25.0 Å². The fourth-order valence-corrected chi connectivity index (χ4v) is 3.25. The summed E-state index contributed by atoms with van der Waals surface area (Å²) in [5.74, 6) is 0. The Hall–Kier alpha value is -1.80. The van der Waals surface area contributed by atoms with Crippen LogP contribution in [0.3, 0.4) is 0 Å². The summed E-state index contributed by atoms with van der Waals surface area (Å²) >= 11 is 0. The zero-order chi connectivity index (χ0) is 14.5. The first-order valence-corrected chi connectivity index (χ1v) is 7.92. The first kappa shape index (κ1) is 14.2. The Morgan fingerprint density at radius 2 is 1.52 bits per heavy atom. The largest absolute Gasteiger partial charge is 0.341 e. The fraction of sp³-hybridized carbons (Fsp3) is 0.368. The predicted molar refractivity (Wildman–Crippen MR) is 90.2 cm³/mol. The Labute approximate surface area is 128 Å². The van der Waals surface area contributed by atoms with E-state index in [9.17, 15) is 0 Å². The van der Waals surface area contributed by atoms with Crippen LogP contribution in [0.4, 0.5) is 11.4 Å². The first-order valence-electron chi connectivity index (χ1n) is 7.92. The molecular weight excluding hydrogens is 256 g/mol. The van der Waals surface area contributed by atoms with Gasteiger partial charge in [0.2, 0.25) is 0 Å². The zero-order valence-electron chi connectivity index (χ0n) is 12.8. The van der Waals surface area contributed by atoms with E-state index in [-0.39, 0.29) is 0 Å². The van der Waals surface area contributed by atoms with Gasteiger partial charge in [-0.25, -0.2) is 0 Å². The van der Waals surface area contributed by atoms with Gasteiger partial charge in [0.1, 0.15) is 0 Å². The van der Waals surface area contributed by atoms with Crippen molar-refractivity contribution in [1.29, 1.82) is 0 Å². The molecule has 0 saturated carbocycles. The predicted octanol–water partition coefficient (Wildman–Crippen LogP) is 4.31. The molecule has 0 amide bonds. The van der Waals surface area contributed by atoms with Gasteiger partial charge < -0.3 is 9.80 Å². The molecule has 2 nitrogen and oxygen atoms in total. The minimum absolute atomic E-state index is 0.736. The van der Waals surface area contributed by atoms with Gasteiger partial charge in [0.25, 0.3) is 0 Å². The maximum Gasteiger partial charge on any atom is 0.0410 e. The van der Waals surface area contributed by atoms with E-state index in [4.69, 9.17) is 0 Å². The highest BCUT2D eigenvalue weighted by molar-refractivity contribution is 5.62. The van der Waals surface area contributed by atoms with E-state index in [1.807, 2.05) is 0 Å². The molecule has 2 aromatic carbocycles. The molecule has 1 aliphatic rings. The second-order valence-corrected chi connectivity index (χ2v) is 5.89. The molecule has 2 aromatic rings. The normalized spacial score (nSPS) is 18.8. The van der Waals surface area contributed by atoms with E-state index in [0.717, 1.165) is 12.6 Å². The van der Waals surface area contributed by atoms with E-state index < -0.39 is 0 Å². The van der Waals surface area contributed by atoms with E-state index in [1.54, 1.807) is 0 Å². The third kappa shape index (κ3) is 3.45. The summed E-state index contributed by atoms with van der Waals surface area (Å²) in [6, 6.07) is 22.2. The van der Waals surface area contributed by atoms with Gasteiger partial charge in [0, 0.05) is 24.0 Å². The molecule has 110 valence electrons. The van der Waals surface area contributed by atoms with Gasteiger partial charge in [-0.1, -0.05) is 36.4 Å². The molecular formula is C19H24N2. The van der Waals surface area contributed by atoms with Gasteiger partial charge in [0.15, 0.2) is 0 Å². The number of hydrogen-bond donors (Lipinski definition) is 0. The van der Waals surface area contributed by atoms with E-state index in [0.29, 0.717) is 0 Å². The van der Waals surface area contributed by atoms with Crippen LogP contribution >= 0.6 is 0 Å². The molecule has 21 heavy (non-hydrogen) atoms. The van der Waals surface area contributed by atoms with E-state index in [2.05, 4.69) is 77.5 Å². The summed E-state index contributed by atoms with van der Waals surface area (Å²) in [5, 5.41) is 0. The molecule has 0 aromatic heterocycles. The summed E-state index contributed by atoms with van der Waals surface area (Å²) < 4.78 is 0. The smallest absolute Gasteiger partial charge is 0.0410 e. The Balaban J connectivity index is 1.76. The van der Waals surface area contributed by atoms with Crippen LogP contribution in [0.15, 0.2) is 60.7 Å². The molecule has 2 heteroatoms. The number of nitrogens with zero attached hydrogens (tertiary/aromatic N) is 2. The Kier molecular flexibility index (Phi) is 4.56. The van der Waals surface area contributed by atoms with Crippen LogP contribution in [-0.2, 0) is 0 Å². The lowest BCUT2D eigenvalue weighted by molar-refractivity contribution is 0.299. The quantitative estimate of drug-likeness (QED) is 0.805. The van der Waals surface area contributed by atoms with Crippen LogP contribution in [0.5, 0.6) is 0 Å². The van der Waals surface area contributed by atoms with Gasteiger partial charge >= 0.3 is 0 Å². The molecule has 0 N–H and O–H groups in total. The van der Waals surface area contributed by atoms with Crippen molar-refractivity contribution in [3.05, 3.63) is 60.7 Å². The average molecular weight is 280 g/mol. The monoisotopic (exact) mass is 280 g/mol. The van der Waals surface area contributed by atoms with Crippen molar-refractivity contribution in [2.24, 2.45) is 0 Å². The lowest BCUT2D eigenvalue weighted by atomic mass is 10.1. The third-order valence-corrected chi connectivity index (χ3v) is 4.49. The van der Waals surface area contributed by atoms with Gasteiger partial charge in [-0.2, -0.15) is 0 Å². The molecule has 0 bridgehead atoms. The van der Waals surface area contributed by atoms with Crippen LogP contribution in [0, 0.1) is 0 Å². The highest BCUT2D eigenvalue weighted by Gasteiger charge is 2.21. The van der Waals surface area contributed by atoms with Crippen LogP contribution < -0.4 is 4.90 Å². The first-order chi connectivity index (χ1) is 10.3. The molecule has 1 saturated heterocycles. The van der Waals surface area contributed by atoms with E-state index in [1.165, 1.54) is 37.2 Å². The highest BCUT2D eigenvalue weighted by atomic mass is 15.2. The summed E-state index contributed by atoms with van der Waals surface area (Å²) in [5.41, 5.74) is 2.56. The molecule has 0 radical (unpaired) electrons. The van der Waals surface area contributed by atoms with Crippen molar-refractivity contribution >= 4 is 11.4 Å². The Bertz CT molecular complexity index is 499. The van der Waals surface area contributed by atoms with E-state index >= 15 is 0 Å². The lowest BCUT2D eigenvalue weighted by Crippen LogP contribution is -2.29. The van der Waals surface area contributed by atoms with Gasteiger partial charge in [0.05, 0.1) is 0 Å². The zero-order valence-corrected chi connectivity index (χ0v) is 12.8. The summed E-state index contributed by atoms with van der Waals surface area (Å²) in [6.07, 6.45) is 3.91. The van der Waals surface area contributed by atoms with Crippen molar-refractivity contribution in [2.45, 2.75) is 25.3 Å². The standard InChI is InChI=1S/C19H24N2/c1-20-15-8-13-17(20)14-16-21(18-9-4-2-5-10-18)19-11-6-3-7-12-19/h2-7,9-12,17H,8,13-16H2,1H3. The van der Waals surface area contributed by atoms with Gasteiger partial charge in [-0.3, -0.25) is 0 Å². The summed E-state index contributed by atoms with van der Waals surface area (Å²) in [4.78, 5) is 4.94. The van der Waals surface area contributed by atoms with Crippen LogP contribution in [0.25, 0.3) is 0 Å². The number of hydrogen-bond acceptors (Lipinski definition) is 2. The highest BCUT2D eigenvalue weighted by Crippen LogP contribution is 2.27. The molecule has 1 atom stereocenters. The number of para-hydroxylation sites is 2. The number of anilines is 2. The lowest BCUT2D eigenvalue weighted by Gasteiger charge is -2.28. The minimum Gasteiger partial charge on any atom is -0.341 e. The second kappa shape index (κ2) is 6.77. The van der Waals surface area contributed by atoms with Gasteiger partial charge in [-0.15, -0.1) is 0 Å². The molecule has 1 aliphatic heterocycles.